The Morgan fingerprint density at radius 1 is 1.09 bits per heavy atom. The van der Waals surface area contributed by atoms with E-state index in [4.69, 9.17) is 4.98 Å². The summed E-state index contributed by atoms with van der Waals surface area (Å²) in [6, 6.07) is 0. The van der Waals surface area contributed by atoms with Crippen molar-refractivity contribution in [1.29, 1.82) is 0 Å². The Morgan fingerprint density at radius 3 is 2.41 bits per heavy atom. The summed E-state index contributed by atoms with van der Waals surface area (Å²) in [7, 11) is 0. The van der Waals surface area contributed by atoms with Crippen LogP contribution in [0.4, 0.5) is 0 Å². The van der Waals surface area contributed by atoms with Crippen LogP contribution >= 0.6 is 0 Å². The number of hydrogen-bond acceptors (Lipinski definition) is 4. The number of aromatic nitrogens is 2. The third-order valence-electron chi connectivity index (χ3n) is 7.07. The van der Waals surface area contributed by atoms with Gasteiger partial charge in [-0.05, 0) is 64.7 Å². The normalized spacial score (nSPS) is 23.2. The predicted octanol–water partition coefficient (Wildman–Crippen LogP) is 4.83. The molecule has 0 unspecified atom stereocenters. The first-order valence-corrected chi connectivity index (χ1v) is 12.5. The SMILES string of the molecule is CCN(CC)C(=O)c1cnc(C(C)C)nc1C1CCC(CNC(=O)[C@@H]2CC=CCC2)CC1. The fraction of sp³-hybridized carbons (Fsp3) is 0.692. The van der Waals surface area contributed by atoms with Crippen LogP contribution in [0.1, 0.15) is 106 Å². The maximum absolute atomic E-state index is 13.1. The zero-order valence-corrected chi connectivity index (χ0v) is 20.3. The zero-order chi connectivity index (χ0) is 23.1. The lowest BCUT2D eigenvalue weighted by Crippen LogP contribution is -2.36. The first-order chi connectivity index (χ1) is 15.4. The Hall–Kier alpha value is -2.24. The van der Waals surface area contributed by atoms with E-state index in [9.17, 15) is 9.59 Å². The number of nitrogens with one attached hydrogen (secondary N) is 1. The third-order valence-corrected chi connectivity index (χ3v) is 7.07. The van der Waals surface area contributed by atoms with Gasteiger partial charge in [0.1, 0.15) is 5.82 Å². The van der Waals surface area contributed by atoms with Gasteiger partial charge in [-0.2, -0.15) is 0 Å². The molecule has 1 aromatic heterocycles. The van der Waals surface area contributed by atoms with Crippen molar-refractivity contribution in [3.8, 4) is 0 Å². The lowest BCUT2D eigenvalue weighted by atomic mass is 9.79. The van der Waals surface area contributed by atoms with Crippen LogP contribution in [0.2, 0.25) is 0 Å². The van der Waals surface area contributed by atoms with Gasteiger partial charge in [-0.25, -0.2) is 9.97 Å². The van der Waals surface area contributed by atoms with E-state index in [1.807, 2.05) is 18.7 Å². The molecule has 2 aliphatic carbocycles. The third kappa shape index (κ3) is 5.96. The van der Waals surface area contributed by atoms with E-state index in [1.165, 1.54) is 0 Å². The van der Waals surface area contributed by atoms with Crippen LogP contribution < -0.4 is 5.32 Å². The molecule has 1 N–H and O–H groups in total. The van der Waals surface area contributed by atoms with Crippen LogP contribution in [-0.2, 0) is 4.79 Å². The van der Waals surface area contributed by atoms with Crippen molar-refractivity contribution in [2.45, 2.75) is 84.5 Å². The van der Waals surface area contributed by atoms with Gasteiger partial charge in [0.2, 0.25) is 5.91 Å². The van der Waals surface area contributed by atoms with Gasteiger partial charge in [0.15, 0.2) is 0 Å². The largest absolute Gasteiger partial charge is 0.356 e. The summed E-state index contributed by atoms with van der Waals surface area (Å²) in [6.07, 6.45) is 13.0. The molecule has 0 aliphatic heterocycles. The number of amides is 2. The summed E-state index contributed by atoms with van der Waals surface area (Å²) in [5.41, 5.74) is 1.59. The molecule has 3 rings (SSSR count). The summed E-state index contributed by atoms with van der Waals surface area (Å²) in [4.78, 5) is 36.8. The molecule has 0 aromatic carbocycles. The van der Waals surface area contributed by atoms with E-state index in [0.717, 1.165) is 63.0 Å². The van der Waals surface area contributed by atoms with Gasteiger partial charge in [-0.1, -0.05) is 26.0 Å². The molecule has 0 saturated heterocycles. The van der Waals surface area contributed by atoms with Crippen LogP contribution in [-0.4, -0.2) is 46.3 Å². The van der Waals surface area contributed by atoms with Crippen LogP contribution in [0.5, 0.6) is 0 Å². The molecule has 2 amide bonds. The van der Waals surface area contributed by atoms with Gasteiger partial charge in [0.25, 0.3) is 5.91 Å². The van der Waals surface area contributed by atoms with Crippen LogP contribution in [0.3, 0.4) is 0 Å². The minimum atomic E-state index is 0.0382. The zero-order valence-electron chi connectivity index (χ0n) is 20.3. The molecule has 1 atom stereocenters. The highest BCUT2D eigenvalue weighted by atomic mass is 16.2. The van der Waals surface area contributed by atoms with E-state index < -0.39 is 0 Å². The van der Waals surface area contributed by atoms with Crippen molar-refractivity contribution in [2.24, 2.45) is 11.8 Å². The lowest BCUT2D eigenvalue weighted by molar-refractivity contribution is -0.125. The predicted molar refractivity (Wildman–Crippen MR) is 128 cm³/mol. The highest BCUT2D eigenvalue weighted by Crippen LogP contribution is 2.37. The first kappa shape index (κ1) is 24.4. The van der Waals surface area contributed by atoms with Crippen molar-refractivity contribution in [3.63, 3.8) is 0 Å². The molecule has 32 heavy (non-hydrogen) atoms. The van der Waals surface area contributed by atoms with E-state index in [0.29, 0.717) is 24.6 Å². The first-order valence-electron chi connectivity index (χ1n) is 12.5. The van der Waals surface area contributed by atoms with Crippen LogP contribution in [0.15, 0.2) is 18.3 Å². The van der Waals surface area contributed by atoms with Gasteiger partial charge >= 0.3 is 0 Å². The number of allylic oxidation sites excluding steroid dienone is 2. The van der Waals surface area contributed by atoms with E-state index in [1.54, 1.807) is 6.20 Å². The quantitative estimate of drug-likeness (QED) is 0.588. The summed E-state index contributed by atoms with van der Waals surface area (Å²) < 4.78 is 0. The summed E-state index contributed by atoms with van der Waals surface area (Å²) in [5, 5.41) is 3.20. The van der Waals surface area contributed by atoms with Gasteiger partial charge in [0, 0.05) is 43.6 Å². The number of hydrogen-bond donors (Lipinski definition) is 1. The van der Waals surface area contributed by atoms with E-state index in [-0.39, 0.29) is 29.6 Å². The molecular weight excluding hydrogens is 400 g/mol. The summed E-state index contributed by atoms with van der Waals surface area (Å²) >= 11 is 0. The Morgan fingerprint density at radius 2 is 1.81 bits per heavy atom. The van der Waals surface area contributed by atoms with E-state index >= 15 is 0 Å². The molecular formula is C26H40N4O2. The Labute approximate surface area is 193 Å². The topological polar surface area (TPSA) is 75.2 Å². The smallest absolute Gasteiger partial charge is 0.257 e. The molecule has 2 aliphatic rings. The lowest BCUT2D eigenvalue weighted by Gasteiger charge is -2.30. The Balaban J connectivity index is 1.64. The maximum Gasteiger partial charge on any atom is 0.257 e. The molecule has 1 heterocycles. The fourth-order valence-electron chi connectivity index (χ4n) is 4.91. The molecule has 0 bridgehead atoms. The summed E-state index contributed by atoms with van der Waals surface area (Å²) in [5.74, 6) is 2.21. The fourth-order valence-corrected chi connectivity index (χ4v) is 4.91. The van der Waals surface area contributed by atoms with Crippen LogP contribution in [0.25, 0.3) is 0 Å². The molecule has 1 saturated carbocycles. The molecule has 1 aromatic rings. The standard InChI is InChI=1S/C26H40N4O2/c1-5-30(6-2)26(32)22-17-27-24(18(3)4)29-23(22)20-14-12-19(13-15-20)16-28-25(31)21-10-8-7-9-11-21/h7-8,17-21H,5-6,9-16H2,1-4H3,(H,28,31)/t19?,20?,21-/m1/s1. The monoisotopic (exact) mass is 440 g/mol. The molecule has 0 spiro atoms. The second-order valence-electron chi connectivity index (χ2n) is 9.60. The van der Waals surface area contributed by atoms with Gasteiger partial charge in [-0.15, -0.1) is 0 Å². The maximum atomic E-state index is 13.1. The Bertz CT molecular complexity index is 808. The van der Waals surface area contributed by atoms with Crippen molar-refractivity contribution in [2.75, 3.05) is 19.6 Å². The molecule has 1 fully saturated rings. The minimum absolute atomic E-state index is 0.0382. The average Bonchev–Trinajstić information content (AvgIpc) is 2.83. The second-order valence-corrected chi connectivity index (χ2v) is 9.60. The molecule has 6 nitrogen and oxygen atoms in total. The van der Waals surface area contributed by atoms with Crippen LogP contribution in [0, 0.1) is 11.8 Å². The number of carbonyl (C=O) groups excluding carboxylic acids is 2. The van der Waals surface area contributed by atoms with Crippen molar-refractivity contribution in [1.82, 2.24) is 20.2 Å². The molecule has 6 heteroatoms. The van der Waals surface area contributed by atoms with Crippen molar-refractivity contribution >= 4 is 11.8 Å². The van der Waals surface area contributed by atoms with Gasteiger partial charge in [-0.3, -0.25) is 9.59 Å². The number of carbonyl (C=O) groups is 2. The molecule has 176 valence electrons. The molecule has 0 radical (unpaired) electrons. The number of rotatable bonds is 8. The highest BCUT2D eigenvalue weighted by Gasteiger charge is 2.29. The van der Waals surface area contributed by atoms with Crippen molar-refractivity contribution in [3.05, 3.63) is 35.4 Å². The van der Waals surface area contributed by atoms with Crippen molar-refractivity contribution < 1.29 is 9.59 Å². The minimum Gasteiger partial charge on any atom is -0.356 e. The average molecular weight is 441 g/mol. The Kier molecular flexibility index (Phi) is 8.83. The summed E-state index contributed by atoms with van der Waals surface area (Å²) in [6.45, 7) is 10.3. The van der Waals surface area contributed by atoms with E-state index in [2.05, 4.69) is 36.3 Å². The van der Waals surface area contributed by atoms with Gasteiger partial charge in [0.05, 0.1) is 11.3 Å². The van der Waals surface area contributed by atoms with Gasteiger partial charge < -0.3 is 10.2 Å². The second kappa shape index (κ2) is 11.6. The highest BCUT2D eigenvalue weighted by molar-refractivity contribution is 5.95. The number of nitrogens with zero attached hydrogens (tertiary/aromatic N) is 3.